The summed E-state index contributed by atoms with van der Waals surface area (Å²) in [6.45, 7) is 9.08. The Morgan fingerprint density at radius 3 is 2.29 bits per heavy atom. The molecular formula is C22H32N4O2. The van der Waals surface area contributed by atoms with E-state index in [-0.39, 0.29) is 18.6 Å². The van der Waals surface area contributed by atoms with Gasteiger partial charge in [0, 0.05) is 56.5 Å². The number of nitrogens with one attached hydrogen (secondary N) is 1. The third-order valence-corrected chi connectivity index (χ3v) is 5.27. The third-order valence-electron chi connectivity index (χ3n) is 5.27. The number of hydrogen-bond acceptors (Lipinski definition) is 4. The van der Waals surface area contributed by atoms with E-state index in [1.807, 2.05) is 41.2 Å². The first-order valence-electron chi connectivity index (χ1n) is 10.2. The first-order chi connectivity index (χ1) is 13.6. The molecule has 0 aliphatic carbocycles. The highest BCUT2D eigenvalue weighted by molar-refractivity contribution is 5.93. The van der Waals surface area contributed by atoms with Gasteiger partial charge in [0.25, 0.3) is 0 Å². The highest BCUT2D eigenvalue weighted by Crippen LogP contribution is 2.23. The Morgan fingerprint density at radius 2 is 1.71 bits per heavy atom. The Morgan fingerprint density at radius 1 is 1.07 bits per heavy atom. The number of aliphatic hydroxyl groups excluding tert-OH is 1. The fourth-order valence-corrected chi connectivity index (χ4v) is 3.72. The largest absolute Gasteiger partial charge is 0.395 e. The number of carbonyl (C=O) groups is 1. The molecule has 1 aromatic carbocycles. The Labute approximate surface area is 167 Å². The first kappa shape index (κ1) is 20.4. The molecule has 6 heteroatoms. The van der Waals surface area contributed by atoms with Crippen LogP contribution in [0.25, 0.3) is 0 Å². The lowest BCUT2D eigenvalue weighted by Gasteiger charge is -2.35. The molecule has 152 valence electrons. The van der Waals surface area contributed by atoms with Crippen LogP contribution in [0.3, 0.4) is 0 Å². The molecule has 2 aromatic rings. The van der Waals surface area contributed by atoms with E-state index >= 15 is 0 Å². The van der Waals surface area contributed by atoms with Crippen molar-refractivity contribution in [1.82, 2.24) is 9.47 Å². The number of aromatic nitrogens is 1. The summed E-state index contributed by atoms with van der Waals surface area (Å²) in [4.78, 5) is 17.5. The average molecular weight is 385 g/mol. The lowest BCUT2D eigenvalue weighted by atomic mass is 10.0. The Hall–Kier alpha value is -2.31. The summed E-state index contributed by atoms with van der Waals surface area (Å²) in [5.74, 6) is 0.459. The molecule has 1 aliphatic rings. The van der Waals surface area contributed by atoms with Crippen LogP contribution in [-0.2, 0) is 4.79 Å². The Bertz CT molecular complexity index is 720. The van der Waals surface area contributed by atoms with Crippen LogP contribution in [0.1, 0.15) is 26.3 Å². The molecule has 0 saturated carbocycles. The molecule has 0 unspecified atom stereocenters. The van der Waals surface area contributed by atoms with Crippen LogP contribution in [-0.4, -0.2) is 59.8 Å². The van der Waals surface area contributed by atoms with Gasteiger partial charge in [-0.1, -0.05) is 13.8 Å². The summed E-state index contributed by atoms with van der Waals surface area (Å²) in [7, 11) is 0. The second-order valence-electron chi connectivity index (χ2n) is 7.86. The normalized spacial score (nSPS) is 16.4. The summed E-state index contributed by atoms with van der Waals surface area (Å²) in [6.07, 6.45) is 4.70. The minimum atomic E-state index is -0.200. The number of benzene rings is 1. The predicted octanol–water partition coefficient (Wildman–Crippen LogP) is 2.83. The van der Waals surface area contributed by atoms with Crippen LogP contribution in [0, 0.1) is 5.92 Å². The number of carbonyl (C=O) groups excluding carboxylic acids is 1. The van der Waals surface area contributed by atoms with Crippen molar-refractivity contribution in [2.24, 2.45) is 5.92 Å². The molecule has 1 saturated heterocycles. The van der Waals surface area contributed by atoms with Gasteiger partial charge < -0.3 is 19.9 Å². The standard InChI is InChI=1S/C22H32N4O2/c1-18(2)17-21(26-9-3-4-10-26)22(28)23-19-5-7-20(8-6-19)25-13-11-24(12-14-25)15-16-27/h3-10,18,21,27H,11-17H2,1-2H3,(H,23,28)/t21-/m1/s1. The van der Waals surface area contributed by atoms with E-state index in [4.69, 9.17) is 5.11 Å². The molecule has 1 aromatic heterocycles. The average Bonchev–Trinajstić information content (AvgIpc) is 3.22. The molecule has 2 heterocycles. The maximum absolute atomic E-state index is 12.9. The monoisotopic (exact) mass is 384 g/mol. The Balaban J connectivity index is 1.59. The van der Waals surface area contributed by atoms with Crippen molar-refractivity contribution >= 4 is 17.3 Å². The number of anilines is 2. The van der Waals surface area contributed by atoms with Crippen molar-refractivity contribution in [2.75, 3.05) is 49.5 Å². The SMILES string of the molecule is CC(C)C[C@H](C(=O)Nc1ccc(N2CCN(CCO)CC2)cc1)n1cccc1. The number of piperazine rings is 1. The van der Waals surface area contributed by atoms with Crippen LogP contribution >= 0.6 is 0 Å². The summed E-state index contributed by atoms with van der Waals surface area (Å²) in [5.41, 5.74) is 2.00. The van der Waals surface area contributed by atoms with Gasteiger partial charge in [-0.3, -0.25) is 9.69 Å². The molecular weight excluding hydrogens is 352 g/mol. The lowest BCUT2D eigenvalue weighted by Crippen LogP contribution is -2.47. The minimum Gasteiger partial charge on any atom is -0.395 e. The van der Waals surface area contributed by atoms with Crippen LogP contribution in [0.15, 0.2) is 48.8 Å². The number of aliphatic hydroxyl groups is 1. The number of hydrogen-bond donors (Lipinski definition) is 2. The Kier molecular flexibility index (Phi) is 7.12. The number of nitrogens with zero attached hydrogens (tertiary/aromatic N) is 3. The number of amides is 1. The molecule has 1 amide bonds. The van der Waals surface area contributed by atoms with E-state index in [1.54, 1.807) is 0 Å². The number of rotatable bonds is 8. The van der Waals surface area contributed by atoms with E-state index in [9.17, 15) is 4.79 Å². The zero-order valence-electron chi connectivity index (χ0n) is 16.9. The molecule has 0 bridgehead atoms. The molecule has 0 radical (unpaired) electrons. The fraction of sp³-hybridized carbons (Fsp3) is 0.500. The molecule has 0 spiro atoms. The van der Waals surface area contributed by atoms with Gasteiger partial charge in [-0.2, -0.15) is 0 Å². The highest BCUT2D eigenvalue weighted by atomic mass is 16.3. The van der Waals surface area contributed by atoms with Crippen LogP contribution in [0.4, 0.5) is 11.4 Å². The quantitative estimate of drug-likeness (QED) is 0.735. The lowest BCUT2D eigenvalue weighted by molar-refractivity contribution is -0.119. The summed E-state index contributed by atoms with van der Waals surface area (Å²) in [5, 5.41) is 12.1. The van der Waals surface area contributed by atoms with Gasteiger partial charge in [0.05, 0.1) is 6.61 Å². The van der Waals surface area contributed by atoms with Crippen molar-refractivity contribution in [1.29, 1.82) is 0 Å². The van der Waals surface area contributed by atoms with Crippen molar-refractivity contribution in [2.45, 2.75) is 26.3 Å². The molecule has 6 nitrogen and oxygen atoms in total. The topological polar surface area (TPSA) is 60.7 Å². The fourth-order valence-electron chi connectivity index (χ4n) is 3.72. The summed E-state index contributed by atoms with van der Waals surface area (Å²) < 4.78 is 1.98. The van der Waals surface area contributed by atoms with Gasteiger partial charge in [0.15, 0.2) is 0 Å². The van der Waals surface area contributed by atoms with Crippen molar-refractivity contribution < 1.29 is 9.90 Å². The maximum Gasteiger partial charge on any atom is 0.247 e. The van der Waals surface area contributed by atoms with Crippen molar-refractivity contribution in [3.05, 3.63) is 48.8 Å². The zero-order chi connectivity index (χ0) is 19.9. The van der Waals surface area contributed by atoms with Crippen LogP contribution in [0.2, 0.25) is 0 Å². The first-order valence-corrected chi connectivity index (χ1v) is 10.2. The smallest absolute Gasteiger partial charge is 0.247 e. The van der Waals surface area contributed by atoms with Crippen molar-refractivity contribution in [3.8, 4) is 0 Å². The van der Waals surface area contributed by atoms with E-state index in [0.717, 1.165) is 44.8 Å². The van der Waals surface area contributed by atoms with Gasteiger partial charge in [0.2, 0.25) is 5.91 Å². The second-order valence-corrected chi connectivity index (χ2v) is 7.86. The zero-order valence-corrected chi connectivity index (χ0v) is 16.9. The van der Waals surface area contributed by atoms with E-state index in [0.29, 0.717) is 5.92 Å². The van der Waals surface area contributed by atoms with Crippen LogP contribution < -0.4 is 10.2 Å². The van der Waals surface area contributed by atoms with E-state index in [1.165, 1.54) is 5.69 Å². The predicted molar refractivity (Wildman–Crippen MR) is 114 cm³/mol. The van der Waals surface area contributed by atoms with E-state index in [2.05, 4.69) is 41.1 Å². The molecule has 2 N–H and O–H groups in total. The van der Waals surface area contributed by atoms with E-state index < -0.39 is 0 Å². The summed E-state index contributed by atoms with van der Waals surface area (Å²) in [6, 6.07) is 11.8. The maximum atomic E-state index is 12.9. The van der Waals surface area contributed by atoms with Crippen LogP contribution in [0.5, 0.6) is 0 Å². The molecule has 28 heavy (non-hydrogen) atoms. The molecule has 1 fully saturated rings. The van der Waals surface area contributed by atoms with Gasteiger partial charge in [0.1, 0.15) is 6.04 Å². The molecule has 3 rings (SSSR count). The molecule has 1 aliphatic heterocycles. The van der Waals surface area contributed by atoms with Crippen molar-refractivity contribution in [3.63, 3.8) is 0 Å². The second kappa shape index (κ2) is 9.75. The van der Waals surface area contributed by atoms with Gasteiger partial charge >= 0.3 is 0 Å². The van der Waals surface area contributed by atoms with Gasteiger partial charge in [-0.05, 0) is 48.7 Å². The minimum absolute atomic E-state index is 0.0234. The third kappa shape index (κ3) is 5.36. The van der Waals surface area contributed by atoms with Gasteiger partial charge in [-0.15, -0.1) is 0 Å². The highest BCUT2D eigenvalue weighted by Gasteiger charge is 2.21. The number of β-amino-alcohol motifs (C(OH)–C–C–N with tert-alkyl or cyclic N) is 1. The van der Waals surface area contributed by atoms with Gasteiger partial charge in [-0.25, -0.2) is 0 Å². The molecule has 1 atom stereocenters. The summed E-state index contributed by atoms with van der Waals surface area (Å²) >= 11 is 0.